The number of rotatable bonds is 3. The van der Waals surface area contributed by atoms with Crippen LogP contribution in [-0.2, 0) is 4.74 Å². The molecule has 1 aromatic rings. The number of hydrogen-bond acceptors (Lipinski definition) is 3. The van der Waals surface area contributed by atoms with E-state index in [9.17, 15) is 5.11 Å². The summed E-state index contributed by atoms with van der Waals surface area (Å²) < 4.78 is 5.68. The van der Waals surface area contributed by atoms with E-state index < -0.39 is 6.10 Å². The summed E-state index contributed by atoms with van der Waals surface area (Å²) in [5.41, 5.74) is 0.724. The average molecular weight is 221 g/mol. The molecule has 0 aliphatic carbocycles. The predicted molar refractivity (Wildman–Crippen MR) is 62.2 cm³/mol. The topological polar surface area (TPSA) is 42.4 Å². The van der Waals surface area contributed by atoms with Crippen LogP contribution in [0.4, 0.5) is 0 Å². The van der Waals surface area contributed by atoms with Crippen molar-refractivity contribution in [2.24, 2.45) is 0 Å². The Hall–Kier alpha value is -0.930. The molecule has 0 aromatic carbocycles. The van der Waals surface area contributed by atoms with Crippen molar-refractivity contribution in [1.29, 1.82) is 0 Å². The van der Waals surface area contributed by atoms with Crippen molar-refractivity contribution in [3.8, 4) is 0 Å². The lowest BCUT2D eigenvalue weighted by molar-refractivity contribution is -0.0860. The Bertz CT molecular complexity index is 333. The maximum Gasteiger partial charge on any atom is 0.0918 e. The van der Waals surface area contributed by atoms with Gasteiger partial charge in [0.2, 0.25) is 0 Å². The van der Waals surface area contributed by atoms with Gasteiger partial charge in [0, 0.05) is 24.9 Å². The van der Waals surface area contributed by atoms with Crippen LogP contribution in [0.2, 0.25) is 0 Å². The number of aliphatic hydroxyl groups excluding tert-OH is 1. The third-order valence-electron chi connectivity index (χ3n) is 3.58. The van der Waals surface area contributed by atoms with E-state index in [1.807, 2.05) is 26.0 Å². The molecule has 0 amide bonds. The third-order valence-corrected chi connectivity index (χ3v) is 3.58. The molecule has 0 saturated carbocycles. The Kier molecular flexibility index (Phi) is 3.26. The molecule has 3 unspecified atom stereocenters. The molecule has 16 heavy (non-hydrogen) atoms. The molecule has 3 atom stereocenters. The van der Waals surface area contributed by atoms with Crippen molar-refractivity contribution < 1.29 is 9.84 Å². The maximum absolute atomic E-state index is 10.4. The van der Waals surface area contributed by atoms with E-state index in [4.69, 9.17) is 4.74 Å². The molecule has 1 N–H and O–H groups in total. The van der Waals surface area contributed by atoms with Crippen LogP contribution in [0.5, 0.6) is 0 Å². The predicted octanol–water partition coefficient (Wildman–Crippen LogP) is 2.12. The van der Waals surface area contributed by atoms with Crippen molar-refractivity contribution in [2.75, 3.05) is 6.61 Å². The van der Waals surface area contributed by atoms with Crippen molar-refractivity contribution in [3.05, 3.63) is 30.1 Å². The number of pyridine rings is 1. The Balaban J connectivity index is 2.13. The second-order valence-corrected chi connectivity index (χ2v) is 4.78. The minimum atomic E-state index is -0.461. The Labute approximate surface area is 96.5 Å². The molecule has 1 fully saturated rings. The van der Waals surface area contributed by atoms with Gasteiger partial charge in [-0.15, -0.1) is 0 Å². The summed E-state index contributed by atoms with van der Waals surface area (Å²) in [6.07, 6.45) is 5.03. The lowest BCUT2D eigenvalue weighted by Crippen LogP contribution is -2.41. The Morgan fingerprint density at radius 1 is 1.44 bits per heavy atom. The number of hydrogen-bond donors (Lipinski definition) is 1. The Morgan fingerprint density at radius 3 is 2.69 bits per heavy atom. The van der Waals surface area contributed by atoms with Crippen molar-refractivity contribution >= 4 is 0 Å². The van der Waals surface area contributed by atoms with Crippen LogP contribution < -0.4 is 0 Å². The second kappa shape index (κ2) is 4.52. The molecule has 1 aromatic heterocycles. The van der Waals surface area contributed by atoms with Gasteiger partial charge in [-0.05, 0) is 37.5 Å². The lowest BCUT2D eigenvalue weighted by Gasteiger charge is -2.33. The maximum atomic E-state index is 10.4. The van der Waals surface area contributed by atoms with Crippen LogP contribution in [0, 0.1) is 0 Å². The van der Waals surface area contributed by atoms with Crippen molar-refractivity contribution in [1.82, 2.24) is 4.98 Å². The van der Waals surface area contributed by atoms with Gasteiger partial charge in [-0.1, -0.05) is 6.92 Å². The second-order valence-electron chi connectivity index (χ2n) is 4.78. The minimum absolute atomic E-state index is 0.0751. The van der Waals surface area contributed by atoms with Crippen LogP contribution in [0.15, 0.2) is 24.5 Å². The number of aromatic nitrogens is 1. The molecule has 1 saturated heterocycles. The zero-order chi connectivity index (χ0) is 11.6. The first-order valence-electron chi connectivity index (χ1n) is 5.85. The first-order chi connectivity index (χ1) is 7.63. The highest BCUT2D eigenvalue weighted by atomic mass is 16.5. The first-order valence-corrected chi connectivity index (χ1v) is 5.85. The number of nitrogens with zero attached hydrogens (tertiary/aromatic N) is 1. The van der Waals surface area contributed by atoms with Crippen LogP contribution >= 0.6 is 0 Å². The fourth-order valence-electron chi connectivity index (χ4n) is 2.41. The van der Waals surface area contributed by atoms with E-state index in [1.165, 1.54) is 0 Å². The summed E-state index contributed by atoms with van der Waals surface area (Å²) in [5.74, 6) is 0.0751. The van der Waals surface area contributed by atoms with Crippen LogP contribution in [0.3, 0.4) is 0 Å². The number of ether oxygens (including phenoxy) is 1. The zero-order valence-electron chi connectivity index (χ0n) is 9.89. The smallest absolute Gasteiger partial charge is 0.0918 e. The molecule has 0 spiro atoms. The van der Waals surface area contributed by atoms with E-state index in [0.717, 1.165) is 25.0 Å². The molecule has 3 heteroatoms. The molecule has 3 nitrogen and oxygen atoms in total. The highest BCUT2D eigenvalue weighted by Crippen LogP contribution is 2.35. The van der Waals surface area contributed by atoms with Crippen molar-refractivity contribution in [3.63, 3.8) is 0 Å². The van der Waals surface area contributed by atoms with E-state index >= 15 is 0 Å². The van der Waals surface area contributed by atoms with E-state index in [1.54, 1.807) is 12.4 Å². The van der Waals surface area contributed by atoms with Crippen LogP contribution in [0.25, 0.3) is 0 Å². The van der Waals surface area contributed by atoms with Crippen molar-refractivity contribution in [2.45, 2.75) is 44.3 Å². The third kappa shape index (κ3) is 2.11. The molecule has 1 aliphatic heterocycles. The summed E-state index contributed by atoms with van der Waals surface area (Å²) in [6, 6.07) is 3.90. The fourth-order valence-corrected chi connectivity index (χ4v) is 2.41. The monoisotopic (exact) mass is 221 g/mol. The average Bonchev–Trinajstić information content (AvgIpc) is 2.77. The zero-order valence-corrected chi connectivity index (χ0v) is 9.89. The van der Waals surface area contributed by atoms with Crippen LogP contribution in [-0.4, -0.2) is 28.4 Å². The van der Waals surface area contributed by atoms with E-state index in [0.29, 0.717) is 0 Å². The van der Waals surface area contributed by atoms with Gasteiger partial charge in [0.15, 0.2) is 0 Å². The summed E-state index contributed by atoms with van der Waals surface area (Å²) in [4.78, 5) is 3.99. The van der Waals surface area contributed by atoms with Gasteiger partial charge >= 0.3 is 0 Å². The normalized spacial score (nSPS) is 28.9. The fraction of sp³-hybridized carbons (Fsp3) is 0.615. The highest BCUT2D eigenvalue weighted by Gasteiger charge is 2.40. The molecule has 0 radical (unpaired) electrons. The van der Waals surface area contributed by atoms with Gasteiger partial charge in [0.05, 0.1) is 11.7 Å². The van der Waals surface area contributed by atoms with Gasteiger partial charge in [-0.2, -0.15) is 0 Å². The molecule has 1 aliphatic rings. The molecule has 88 valence electrons. The van der Waals surface area contributed by atoms with Gasteiger partial charge in [-0.25, -0.2) is 0 Å². The highest BCUT2D eigenvalue weighted by molar-refractivity contribution is 5.18. The quantitative estimate of drug-likeness (QED) is 0.850. The molecule has 0 bridgehead atoms. The SMILES string of the molecule is CC(c1ccncc1)C(O)C1(C)CCCO1. The minimum Gasteiger partial charge on any atom is -0.390 e. The standard InChI is InChI=1S/C13H19NO2/c1-10(11-4-7-14-8-5-11)12(15)13(2)6-3-9-16-13/h4-5,7-8,10,12,15H,3,6,9H2,1-2H3. The summed E-state index contributed by atoms with van der Waals surface area (Å²) >= 11 is 0. The van der Waals surface area contributed by atoms with Gasteiger partial charge in [-0.3, -0.25) is 4.98 Å². The molecule has 2 rings (SSSR count). The lowest BCUT2D eigenvalue weighted by atomic mass is 9.84. The van der Waals surface area contributed by atoms with Crippen LogP contribution in [0.1, 0.15) is 38.2 Å². The largest absolute Gasteiger partial charge is 0.390 e. The summed E-state index contributed by atoms with van der Waals surface area (Å²) in [7, 11) is 0. The molecular weight excluding hydrogens is 202 g/mol. The molecule has 2 heterocycles. The summed E-state index contributed by atoms with van der Waals surface area (Å²) in [5, 5.41) is 10.4. The number of aliphatic hydroxyl groups is 1. The van der Waals surface area contributed by atoms with Gasteiger partial charge < -0.3 is 9.84 Å². The first kappa shape index (κ1) is 11.6. The van der Waals surface area contributed by atoms with E-state index in [2.05, 4.69) is 4.98 Å². The van der Waals surface area contributed by atoms with Gasteiger partial charge in [0.25, 0.3) is 0 Å². The Morgan fingerprint density at radius 2 is 2.12 bits per heavy atom. The summed E-state index contributed by atoms with van der Waals surface area (Å²) in [6.45, 7) is 4.80. The van der Waals surface area contributed by atoms with E-state index in [-0.39, 0.29) is 11.5 Å². The van der Waals surface area contributed by atoms with Gasteiger partial charge in [0.1, 0.15) is 0 Å². The molecular formula is C13H19NO2.